The monoisotopic (exact) mass is 567 g/mol. The van der Waals surface area contributed by atoms with Gasteiger partial charge in [0.2, 0.25) is 17.6 Å². The zero-order chi connectivity index (χ0) is 27.6. The van der Waals surface area contributed by atoms with Crippen molar-refractivity contribution in [2.45, 2.75) is 31.5 Å². The summed E-state index contributed by atoms with van der Waals surface area (Å²) in [6, 6.07) is 4.94. The van der Waals surface area contributed by atoms with Crippen LogP contribution in [0.5, 0.6) is 11.6 Å². The number of hydrogen-bond donors (Lipinski definition) is 3. The molecule has 208 valence electrons. The lowest BCUT2D eigenvalue weighted by atomic mass is 10.1. The van der Waals surface area contributed by atoms with Crippen LogP contribution < -0.4 is 20.1 Å². The molecule has 4 heterocycles. The molecule has 3 aromatic rings. The SMILES string of the molecule is O=S(=O)(Nc1c(F)cc(Oc2ncccc2-c2ccnc(NC3CNC[C@@H](F)C3)n2)c(F)c1F)N1CCCC1. The van der Waals surface area contributed by atoms with Crippen molar-refractivity contribution in [2.75, 3.05) is 36.2 Å². The van der Waals surface area contributed by atoms with Crippen LogP contribution in [-0.4, -0.2) is 66.1 Å². The van der Waals surface area contributed by atoms with Gasteiger partial charge in [0.1, 0.15) is 11.9 Å². The molecule has 2 aliphatic heterocycles. The largest absolute Gasteiger partial charge is 0.435 e. The number of rotatable bonds is 8. The van der Waals surface area contributed by atoms with Crippen LogP contribution in [0.2, 0.25) is 0 Å². The number of aromatic nitrogens is 3. The van der Waals surface area contributed by atoms with Crippen LogP contribution in [0.1, 0.15) is 19.3 Å². The molecular weight excluding hydrogens is 542 g/mol. The minimum Gasteiger partial charge on any atom is -0.435 e. The van der Waals surface area contributed by atoms with Crippen LogP contribution in [0.25, 0.3) is 11.3 Å². The van der Waals surface area contributed by atoms with Crippen LogP contribution in [-0.2, 0) is 10.2 Å². The van der Waals surface area contributed by atoms with E-state index in [0.29, 0.717) is 31.1 Å². The Labute approximate surface area is 222 Å². The molecule has 2 saturated heterocycles. The molecule has 1 unspecified atom stereocenters. The fraction of sp³-hybridized carbons (Fsp3) is 0.375. The summed E-state index contributed by atoms with van der Waals surface area (Å²) in [7, 11) is -4.27. The van der Waals surface area contributed by atoms with Crippen LogP contribution in [0.3, 0.4) is 0 Å². The number of nitrogens with one attached hydrogen (secondary N) is 3. The quantitative estimate of drug-likeness (QED) is 0.279. The average molecular weight is 568 g/mol. The molecule has 2 aliphatic rings. The van der Waals surface area contributed by atoms with Crippen molar-refractivity contribution >= 4 is 21.8 Å². The number of hydrogen-bond acceptors (Lipinski definition) is 8. The normalized spacial score (nSPS) is 20.1. The maximum atomic E-state index is 15.0. The molecule has 0 aliphatic carbocycles. The van der Waals surface area contributed by atoms with Crippen LogP contribution >= 0.6 is 0 Å². The second kappa shape index (κ2) is 11.3. The van der Waals surface area contributed by atoms with E-state index in [1.165, 1.54) is 18.5 Å². The number of piperidine rings is 1. The third kappa shape index (κ3) is 6.04. The van der Waals surface area contributed by atoms with Gasteiger partial charge >= 0.3 is 10.2 Å². The van der Waals surface area contributed by atoms with E-state index in [2.05, 4.69) is 25.6 Å². The molecule has 5 rings (SSSR count). The first-order valence-electron chi connectivity index (χ1n) is 12.2. The second-order valence-corrected chi connectivity index (χ2v) is 10.8. The van der Waals surface area contributed by atoms with E-state index in [0.717, 1.165) is 4.31 Å². The van der Waals surface area contributed by atoms with Crippen molar-refractivity contribution in [3.05, 3.63) is 54.1 Å². The zero-order valence-electron chi connectivity index (χ0n) is 20.5. The number of pyridine rings is 1. The molecule has 2 fully saturated rings. The molecule has 3 N–H and O–H groups in total. The fourth-order valence-electron chi connectivity index (χ4n) is 4.39. The van der Waals surface area contributed by atoms with Gasteiger partial charge in [0.15, 0.2) is 17.4 Å². The predicted molar refractivity (Wildman–Crippen MR) is 135 cm³/mol. The number of ether oxygens (including phenoxy) is 1. The van der Waals surface area contributed by atoms with Crippen molar-refractivity contribution < 1.29 is 30.7 Å². The molecule has 0 bridgehead atoms. The van der Waals surface area contributed by atoms with E-state index in [1.54, 1.807) is 16.9 Å². The van der Waals surface area contributed by atoms with Gasteiger partial charge in [0, 0.05) is 57.1 Å². The van der Waals surface area contributed by atoms with Gasteiger partial charge in [0.05, 0.1) is 11.3 Å². The van der Waals surface area contributed by atoms with Gasteiger partial charge in [-0.3, -0.25) is 4.72 Å². The molecule has 0 radical (unpaired) electrons. The van der Waals surface area contributed by atoms with E-state index in [4.69, 9.17) is 4.74 Å². The Morgan fingerprint density at radius 1 is 1.05 bits per heavy atom. The highest BCUT2D eigenvalue weighted by atomic mass is 32.2. The maximum absolute atomic E-state index is 15.0. The molecule has 0 amide bonds. The minimum absolute atomic E-state index is 0.193. The molecule has 15 heteroatoms. The van der Waals surface area contributed by atoms with Gasteiger partial charge in [0.25, 0.3) is 0 Å². The van der Waals surface area contributed by atoms with Gasteiger partial charge in [-0.05, 0) is 31.0 Å². The molecule has 1 aromatic carbocycles. The van der Waals surface area contributed by atoms with E-state index in [1.807, 2.05) is 0 Å². The molecule has 2 aromatic heterocycles. The van der Waals surface area contributed by atoms with Crippen molar-refractivity contribution in [2.24, 2.45) is 0 Å². The molecular formula is C24H25F4N7O3S. The van der Waals surface area contributed by atoms with E-state index >= 15 is 0 Å². The number of benzene rings is 1. The summed E-state index contributed by atoms with van der Waals surface area (Å²) in [5.41, 5.74) is -0.591. The highest BCUT2D eigenvalue weighted by Crippen LogP contribution is 2.36. The third-order valence-corrected chi connectivity index (χ3v) is 7.81. The van der Waals surface area contributed by atoms with E-state index in [-0.39, 0.29) is 49.5 Å². The number of halogens is 4. The van der Waals surface area contributed by atoms with Gasteiger partial charge in [-0.15, -0.1) is 0 Å². The summed E-state index contributed by atoms with van der Waals surface area (Å²) < 4.78 is 91.5. The maximum Gasteiger partial charge on any atom is 0.301 e. The third-order valence-electron chi connectivity index (χ3n) is 6.30. The van der Waals surface area contributed by atoms with Crippen LogP contribution in [0, 0.1) is 17.5 Å². The minimum atomic E-state index is -4.27. The highest BCUT2D eigenvalue weighted by Gasteiger charge is 2.30. The summed E-state index contributed by atoms with van der Waals surface area (Å²) in [4.78, 5) is 12.6. The predicted octanol–water partition coefficient (Wildman–Crippen LogP) is 3.61. The van der Waals surface area contributed by atoms with Gasteiger partial charge in [-0.1, -0.05) is 0 Å². The Bertz CT molecular complexity index is 1460. The molecule has 39 heavy (non-hydrogen) atoms. The molecule has 2 atom stereocenters. The summed E-state index contributed by atoms with van der Waals surface area (Å²) >= 11 is 0. The van der Waals surface area contributed by atoms with E-state index in [9.17, 15) is 26.0 Å². The zero-order valence-corrected chi connectivity index (χ0v) is 21.3. The molecule has 0 spiro atoms. The molecule has 0 saturated carbocycles. The Kier molecular flexibility index (Phi) is 7.81. The summed E-state index contributed by atoms with van der Waals surface area (Å²) in [5, 5.41) is 6.03. The summed E-state index contributed by atoms with van der Waals surface area (Å²) in [6.45, 7) is 1.19. The van der Waals surface area contributed by atoms with Crippen molar-refractivity contribution in [3.8, 4) is 22.9 Å². The Balaban J connectivity index is 1.39. The van der Waals surface area contributed by atoms with Crippen molar-refractivity contribution in [3.63, 3.8) is 0 Å². The average Bonchev–Trinajstić information content (AvgIpc) is 3.47. The van der Waals surface area contributed by atoms with E-state index < -0.39 is 45.3 Å². The Morgan fingerprint density at radius 3 is 2.62 bits per heavy atom. The first-order valence-corrected chi connectivity index (χ1v) is 13.7. The second-order valence-electron chi connectivity index (χ2n) is 9.13. The summed E-state index contributed by atoms with van der Waals surface area (Å²) in [5.74, 6) is -5.59. The van der Waals surface area contributed by atoms with Crippen molar-refractivity contribution in [1.29, 1.82) is 0 Å². The van der Waals surface area contributed by atoms with Gasteiger partial charge in [-0.2, -0.15) is 17.1 Å². The highest BCUT2D eigenvalue weighted by molar-refractivity contribution is 7.90. The molecule has 10 nitrogen and oxygen atoms in total. The number of anilines is 2. The lowest BCUT2D eigenvalue weighted by Gasteiger charge is -2.26. The Hall–Kier alpha value is -3.56. The standard InChI is InChI=1S/C24H25F4N7O3S/c25-14-10-15(13-29-12-14)32-24-31-7-5-18(33-24)16-4-3-6-30-23(16)38-19-11-17(26)22(21(28)20(19)27)34-39(36,37)35-8-1-2-9-35/h3-7,11,14-15,29,34H,1-2,8-10,12-13H2,(H,31,32,33)/t14-,15?/m0/s1. The lowest BCUT2D eigenvalue weighted by molar-refractivity contribution is 0.254. The van der Waals surface area contributed by atoms with Gasteiger partial charge < -0.3 is 15.4 Å². The lowest BCUT2D eigenvalue weighted by Crippen LogP contribution is -2.44. The Morgan fingerprint density at radius 2 is 1.85 bits per heavy atom. The number of nitrogens with zero attached hydrogens (tertiary/aromatic N) is 4. The smallest absolute Gasteiger partial charge is 0.301 e. The summed E-state index contributed by atoms with van der Waals surface area (Å²) in [6.07, 6.45) is 3.28. The number of alkyl halides is 1. The first-order chi connectivity index (χ1) is 18.7. The topological polar surface area (TPSA) is 121 Å². The fourth-order valence-corrected chi connectivity index (χ4v) is 5.71. The van der Waals surface area contributed by atoms with Crippen molar-refractivity contribution in [1.82, 2.24) is 24.6 Å². The first kappa shape index (κ1) is 27.0. The van der Waals surface area contributed by atoms with Gasteiger partial charge in [-0.25, -0.2) is 28.1 Å². The van der Waals surface area contributed by atoms with Crippen LogP contribution in [0.15, 0.2) is 36.7 Å². The van der Waals surface area contributed by atoms with Crippen LogP contribution in [0.4, 0.5) is 29.2 Å².